The van der Waals surface area contributed by atoms with Crippen LogP contribution in [0.1, 0.15) is 38.8 Å². The van der Waals surface area contributed by atoms with Crippen LogP contribution in [0.4, 0.5) is 0 Å². The number of hydrogen-bond acceptors (Lipinski definition) is 2. The smallest absolute Gasteiger partial charge is 0.0352 e. The lowest BCUT2D eigenvalue weighted by atomic mass is 9.96. The standard InChI is InChI=1S/2C9H13N.C6H6/c2*1-9(2,10)8-6-4-3-5-7-8;1-2-4-6-5-3-1/h2*3-7H,10H2,1-2H3;1-6H. The summed E-state index contributed by atoms with van der Waals surface area (Å²) in [5.41, 5.74) is 13.7. The van der Waals surface area contributed by atoms with E-state index in [1.807, 2.05) is 125 Å². The average molecular weight is 349 g/mol. The van der Waals surface area contributed by atoms with Gasteiger partial charge in [0.1, 0.15) is 0 Å². The second-order valence-electron chi connectivity index (χ2n) is 7.33. The minimum absolute atomic E-state index is 0.207. The SMILES string of the molecule is CC(C)(N)c1ccccc1.CC(C)(N)c1ccccc1.c1ccccc1. The van der Waals surface area contributed by atoms with E-state index in [9.17, 15) is 0 Å². The Kier molecular flexibility index (Phi) is 8.77. The fourth-order valence-electron chi connectivity index (χ4n) is 2.12. The summed E-state index contributed by atoms with van der Waals surface area (Å²) in [5.74, 6) is 0. The normalized spacial score (nSPS) is 10.7. The maximum absolute atomic E-state index is 5.86. The van der Waals surface area contributed by atoms with Gasteiger partial charge < -0.3 is 11.5 Å². The van der Waals surface area contributed by atoms with E-state index < -0.39 is 0 Å². The second-order valence-corrected chi connectivity index (χ2v) is 7.33. The molecule has 0 atom stereocenters. The van der Waals surface area contributed by atoms with Crippen molar-refractivity contribution in [2.45, 2.75) is 38.8 Å². The molecule has 3 aromatic carbocycles. The first-order valence-electron chi connectivity index (χ1n) is 8.90. The number of benzene rings is 3. The molecule has 0 aliphatic rings. The van der Waals surface area contributed by atoms with E-state index in [0.29, 0.717) is 0 Å². The molecule has 0 amide bonds. The number of hydrogen-bond donors (Lipinski definition) is 2. The van der Waals surface area contributed by atoms with Gasteiger partial charge in [0, 0.05) is 11.1 Å². The molecule has 0 aliphatic heterocycles. The molecular weight excluding hydrogens is 316 g/mol. The fraction of sp³-hybridized carbons (Fsp3) is 0.250. The zero-order chi connectivity index (χ0) is 19.5. The van der Waals surface area contributed by atoms with Crippen molar-refractivity contribution in [3.8, 4) is 0 Å². The first kappa shape index (κ1) is 21.6. The van der Waals surface area contributed by atoms with E-state index >= 15 is 0 Å². The van der Waals surface area contributed by atoms with Gasteiger partial charge in [-0.15, -0.1) is 0 Å². The summed E-state index contributed by atoms with van der Waals surface area (Å²) in [7, 11) is 0. The molecule has 26 heavy (non-hydrogen) atoms. The Morgan fingerprint density at radius 3 is 0.769 bits per heavy atom. The average Bonchev–Trinajstić information content (AvgIpc) is 2.64. The molecule has 0 fully saturated rings. The maximum atomic E-state index is 5.86. The molecule has 0 spiro atoms. The summed E-state index contributed by atoms with van der Waals surface area (Å²) in [4.78, 5) is 0. The molecule has 0 aliphatic carbocycles. The van der Waals surface area contributed by atoms with Crippen molar-refractivity contribution in [1.29, 1.82) is 0 Å². The van der Waals surface area contributed by atoms with E-state index in [1.54, 1.807) is 0 Å². The lowest BCUT2D eigenvalue weighted by Gasteiger charge is -2.18. The molecule has 0 bridgehead atoms. The first-order chi connectivity index (χ1) is 12.2. The van der Waals surface area contributed by atoms with Crippen molar-refractivity contribution in [2.75, 3.05) is 0 Å². The molecule has 3 rings (SSSR count). The van der Waals surface area contributed by atoms with E-state index in [1.165, 1.54) is 11.1 Å². The van der Waals surface area contributed by atoms with Crippen molar-refractivity contribution < 1.29 is 0 Å². The Bertz CT molecular complexity index is 618. The van der Waals surface area contributed by atoms with Crippen LogP contribution < -0.4 is 11.5 Å². The molecular formula is C24H32N2. The van der Waals surface area contributed by atoms with Crippen molar-refractivity contribution in [3.63, 3.8) is 0 Å². The molecule has 4 N–H and O–H groups in total. The van der Waals surface area contributed by atoms with Gasteiger partial charge in [0.05, 0.1) is 0 Å². The summed E-state index contributed by atoms with van der Waals surface area (Å²) in [6.07, 6.45) is 0. The Morgan fingerprint density at radius 2 is 0.615 bits per heavy atom. The molecule has 138 valence electrons. The highest BCUT2D eigenvalue weighted by Crippen LogP contribution is 2.15. The lowest BCUT2D eigenvalue weighted by Crippen LogP contribution is -2.28. The van der Waals surface area contributed by atoms with E-state index in [0.717, 1.165) is 0 Å². The molecule has 2 heteroatoms. The molecule has 0 saturated heterocycles. The third kappa shape index (κ3) is 9.16. The Labute approximate surface area is 158 Å². The summed E-state index contributed by atoms with van der Waals surface area (Å²) >= 11 is 0. The predicted molar refractivity (Wildman–Crippen MR) is 114 cm³/mol. The highest BCUT2D eigenvalue weighted by molar-refractivity contribution is 5.22. The van der Waals surface area contributed by atoms with Crippen molar-refractivity contribution in [3.05, 3.63) is 108 Å². The van der Waals surface area contributed by atoms with Gasteiger partial charge in [0.15, 0.2) is 0 Å². The van der Waals surface area contributed by atoms with Crippen molar-refractivity contribution in [1.82, 2.24) is 0 Å². The van der Waals surface area contributed by atoms with Crippen LogP contribution in [0.5, 0.6) is 0 Å². The summed E-state index contributed by atoms with van der Waals surface area (Å²) in [5, 5.41) is 0. The molecule has 2 nitrogen and oxygen atoms in total. The Hall–Kier alpha value is -2.42. The van der Waals surface area contributed by atoms with E-state index in [-0.39, 0.29) is 11.1 Å². The maximum Gasteiger partial charge on any atom is 0.0352 e. The van der Waals surface area contributed by atoms with Gasteiger partial charge in [-0.05, 0) is 38.8 Å². The summed E-state index contributed by atoms with van der Waals surface area (Å²) in [6.45, 7) is 8.01. The number of nitrogens with two attached hydrogens (primary N) is 2. The van der Waals surface area contributed by atoms with Gasteiger partial charge in [-0.2, -0.15) is 0 Å². The number of rotatable bonds is 2. The molecule has 0 unspecified atom stereocenters. The first-order valence-corrected chi connectivity index (χ1v) is 8.90. The Balaban J connectivity index is 0.000000201. The molecule has 0 aromatic heterocycles. The third-order valence-corrected chi connectivity index (χ3v) is 3.70. The predicted octanol–water partition coefficient (Wildman–Crippen LogP) is 5.45. The van der Waals surface area contributed by atoms with Crippen LogP contribution in [0, 0.1) is 0 Å². The Morgan fingerprint density at radius 1 is 0.423 bits per heavy atom. The largest absolute Gasteiger partial charge is 0.322 e. The van der Waals surface area contributed by atoms with Crippen LogP contribution in [-0.4, -0.2) is 0 Å². The molecule has 0 heterocycles. The second kappa shape index (κ2) is 10.5. The van der Waals surface area contributed by atoms with Crippen LogP contribution in [0.15, 0.2) is 97.1 Å². The molecule has 0 radical (unpaired) electrons. The van der Waals surface area contributed by atoms with E-state index in [2.05, 4.69) is 0 Å². The molecule has 0 saturated carbocycles. The van der Waals surface area contributed by atoms with Gasteiger partial charge in [-0.1, -0.05) is 97.1 Å². The monoisotopic (exact) mass is 348 g/mol. The molecule has 3 aromatic rings. The quantitative estimate of drug-likeness (QED) is 0.647. The summed E-state index contributed by atoms with van der Waals surface area (Å²) in [6, 6.07) is 32.2. The van der Waals surface area contributed by atoms with E-state index in [4.69, 9.17) is 11.5 Å². The minimum atomic E-state index is -0.207. The van der Waals surface area contributed by atoms with Crippen LogP contribution in [0.25, 0.3) is 0 Å². The zero-order valence-electron chi connectivity index (χ0n) is 16.4. The third-order valence-electron chi connectivity index (χ3n) is 3.70. The van der Waals surface area contributed by atoms with Gasteiger partial charge >= 0.3 is 0 Å². The van der Waals surface area contributed by atoms with Gasteiger partial charge in [-0.25, -0.2) is 0 Å². The van der Waals surface area contributed by atoms with Crippen LogP contribution in [-0.2, 0) is 11.1 Å². The van der Waals surface area contributed by atoms with Crippen LogP contribution in [0.3, 0.4) is 0 Å². The highest BCUT2D eigenvalue weighted by atomic mass is 14.7. The van der Waals surface area contributed by atoms with Gasteiger partial charge in [-0.3, -0.25) is 0 Å². The lowest BCUT2D eigenvalue weighted by molar-refractivity contribution is 0.554. The van der Waals surface area contributed by atoms with Crippen molar-refractivity contribution >= 4 is 0 Å². The zero-order valence-corrected chi connectivity index (χ0v) is 16.4. The van der Waals surface area contributed by atoms with Crippen LogP contribution >= 0.6 is 0 Å². The fourth-order valence-corrected chi connectivity index (χ4v) is 2.12. The topological polar surface area (TPSA) is 52.0 Å². The van der Waals surface area contributed by atoms with Crippen LogP contribution in [0.2, 0.25) is 0 Å². The highest BCUT2D eigenvalue weighted by Gasteiger charge is 2.12. The summed E-state index contributed by atoms with van der Waals surface area (Å²) < 4.78 is 0. The van der Waals surface area contributed by atoms with Gasteiger partial charge in [0.2, 0.25) is 0 Å². The minimum Gasteiger partial charge on any atom is -0.322 e. The van der Waals surface area contributed by atoms with Crippen molar-refractivity contribution in [2.24, 2.45) is 11.5 Å². The van der Waals surface area contributed by atoms with Gasteiger partial charge in [0.25, 0.3) is 0 Å².